The summed E-state index contributed by atoms with van der Waals surface area (Å²) in [5.41, 5.74) is 6.80. The molecule has 0 heterocycles. The number of rotatable bonds is 5. The van der Waals surface area contributed by atoms with Crippen molar-refractivity contribution in [3.63, 3.8) is 0 Å². The Balaban J connectivity index is 4.74. The fourth-order valence-electron chi connectivity index (χ4n) is 2.12. The van der Waals surface area contributed by atoms with E-state index < -0.39 is 0 Å². The quantitative estimate of drug-likeness (QED) is 0.732. The van der Waals surface area contributed by atoms with Crippen molar-refractivity contribution in [3.8, 4) is 0 Å². The highest BCUT2D eigenvalue weighted by atomic mass is 15.2. The summed E-state index contributed by atoms with van der Waals surface area (Å²) in [5.74, 6) is 0. The zero-order valence-corrected chi connectivity index (χ0v) is 10.2. The monoisotopic (exact) mass is 196 g/mol. The van der Waals surface area contributed by atoms with Crippen LogP contribution in [-0.4, -0.2) is 16.0 Å². The zero-order chi connectivity index (χ0) is 11.6. The van der Waals surface area contributed by atoms with E-state index in [0.717, 1.165) is 12.1 Å². The predicted octanol–water partition coefficient (Wildman–Crippen LogP) is 2.87. The molecular formula is C12H24N2. The number of nitrogens with zero attached hydrogens (tertiary/aromatic N) is 1. The maximum Gasteiger partial charge on any atom is 0.0403 e. The SMILES string of the molecule is C=CN(C(=C)C)C(C)(C)CC(C)(C)N. The lowest BCUT2D eigenvalue weighted by molar-refractivity contribution is 0.183. The zero-order valence-electron chi connectivity index (χ0n) is 10.2. The highest BCUT2D eigenvalue weighted by Gasteiger charge is 2.30. The van der Waals surface area contributed by atoms with Crippen molar-refractivity contribution >= 4 is 0 Å². The van der Waals surface area contributed by atoms with Crippen molar-refractivity contribution in [2.24, 2.45) is 5.73 Å². The molecule has 2 heteroatoms. The second-order valence-electron chi connectivity index (χ2n) is 5.27. The maximum atomic E-state index is 6.02. The molecule has 0 aliphatic rings. The van der Waals surface area contributed by atoms with Crippen LogP contribution >= 0.6 is 0 Å². The largest absolute Gasteiger partial charge is 0.347 e. The molecule has 2 N–H and O–H groups in total. The maximum absolute atomic E-state index is 6.02. The van der Waals surface area contributed by atoms with E-state index in [1.54, 1.807) is 0 Å². The van der Waals surface area contributed by atoms with Gasteiger partial charge in [0.25, 0.3) is 0 Å². The number of allylic oxidation sites excluding steroid dienone is 1. The van der Waals surface area contributed by atoms with Crippen LogP contribution in [0, 0.1) is 0 Å². The lowest BCUT2D eigenvalue weighted by atomic mass is 9.86. The third-order valence-corrected chi connectivity index (χ3v) is 2.13. The van der Waals surface area contributed by atoms with E-state index in [1.165, 1.54) is 0 Å². The summed E-state index contributed by atoms with van der Waals surface area (Å²) in [7, 11) is 0. The third kappa shape index (κ3) is 3.97. The Hall–Kier alpha value is -0.760. The molecular weight excluding hydrogens is 172 g/mol. The van der Waals surface area contributed by atoms with Gasteiger partial charge in [0.05, 0.1) is 0 Å². The molecule has 0 fully saturated rings. The molecule has 0 aliphatic heterocycles. The van der Waals surface area contributed by atoms with Gasteiger partial charge < -0.3 is 10.6 Å². The van der Waals surface area contributed by atoms with E-state index in [2.05, 4.69) is 31.9 Å². The molecule has 0 rings (SSSR count). The molecule has 0 aromatic rings. The van der Waals surface area contributed by atoms with Crippen LogP contribution in [0.15, 0.2) is 25.1 Å². The standard InChI is InChI=1S/C12H24N2/c1-8-14(10(2)3)12(6,7)9-11(4,5)13/h8H,1-2,9,13H2,3-7H3. The predicted molar refractivity (Wildman–Crippen MR) is 63.8 cm³/mol. The smallest absolute Gasteiger partial charge is 0.0403 e. The highest BCUT2D eigenvalue weighted by Crippen LogP contribution is 2.27. The molecule has 0 bridgehead atoms. The Morgan fingerprint density at radius 2 is 1.79 bits per heavy atom. The molecule has 0 aliphatic carbocycles. The molecule has 0 unspecified atom stereocenters. The van der Waals surface area contributed by atoms with Crippen LogP contribution in [0.2, 0.25) is 0 Å². The third-order valence-electron chi connectivity index (χ3n) is 2.13. The minimum atomic E-state index is -0.180. The van der Waals surface area contributed by atoms with Gasteiger partial charge in [-0.25, -0.2) is 0 Å². The van der Waals surface area contributed by atoms with Gasteiger partial charge in [0, 0.05) is 16.8 Å². The summed E-state index contributed by atoms with van der Waals surface area (Å²) in [6, 6.07) is 0. The summed E-state index contributed by atoms with van der Waals surface area (Å²) >= 11 is 0. The van der Waals surface area contributed by atoms with E-state index >= 15 is 0 Å². The van der Waals surface area contributed by atoms with E-state index in [1.807, 2.05) is 27.0 Å². The van der Waals surface area contributed by atoms with Gasteiger partial charge in [-0.2, -0.15) is 0 Å². The molecule has 0 radical (unpaired) electrons. The van der Waals surface area contributed by atoms with Crippen LogP contribution in [0.5, 0.6) is 0 Å². The lowest BCUT2D eigenvalue weighted by Gasteiger charge is -2.41. The normalized spacial score (nSPS) is 12.4. The minimum absolute atomic E-state index is 0.0359. The summed E-state index contributed by atoms with van der Waals surface area (Å²) in [6.07, 6.45) is 2.70. The number of nitrogens with two attached hydrogens (primary N) is 1. The van der Waals surface area contributed by atoms with Crippen LogP contribution < -0.4 is 5.73 Å². The van der Waals surface area contributed by atoms with Gasteiger partial charge in [-0.05, 0) is 47.2 Å². The van der Waals surface area contributed by atoms with Crippen molar-refractivity contribution in [2.75, 3.05) is 0 Å². The van der Waals surface area contributed by atoms with Crippen molar-refractivity contribution in [1.29, 1.82) is 0 Å². The van der Waals surface area contributed by atoms with Gasteiger partial charge in [-0.1, -0.05) is 13.2 Å². The average molecular weight is 196 g/mol. The Bertz CT molecular complexity index is 221. The molecule has 0 atom stereocenters. The van der Waals surface area contributed by atoms with Crippen LogP contribution in [-0.2, 0) is 0 Å². The van der Waals surface area contributed by atoms with Gasteiger partial charge in [0.2, 0.25) is 0 Å². The van der Waals surface area contributed by atoms with Gasteiger partial charge >= 0.3 is 0 Å². The molecule has 0 saturated carbocycles. The summed E-state index contributed by atoms with van der Waals surface area (Å²) in [6.45, 7) is 18.1. The average Bonchev–Trinajstić information content (AvgIpc) is 1.79. The van der Waals surface area contributed by atoms with Crippen LogP contribution in [0.3, 0.4) is 0 Å². The second-order valence-corrected chi connectivity index (χ2v) is 5.27. The van der Waals surface area contributed by atoms with Gasteiger partial charge in [0.15, 0.2) is 0 Å². The van der Waals surface area contributed by atoms with E-state index in [9.17, 15) is 0 Å². The molecule has 0 aromatic heterocycles. The summed E-state index contributed by atoms with van der Waals surface area (Å²) < 4.78 is 0. The summed E-state index contributed by atoms with van der Waals surface area (Å²) in [5, 5.41) is 0. The van der Waals surface area contributed by atoms with Crippen molar-refractivity contribution in [3.05, 3.63) is 25.1 Å². The fraction of sp³-hybridized carbons (Fsp3) is 0.667. The van der Waals surface area contributed by atoms with Crippen LogP contribution in [0.1, 0.15) is 41.0 Å². The van der Waals surface area contributed by atoms with E-state index in [4.69, 9.17) is 5.73 Å². The first-order chi connectivity index (χ1) is 6.10. The van der Waals surface area contributed by atoms with Crippen molar-refractivity contribution < 1.29 is 0 Å². The molecule has 0 spiro atoms. The van der Waals surface area contributed by atoms with Crippen LogP contribution in [0.25, 0.3) is 0 Å². The first kappa shape index (κ1) is 13.2. The molecule has 2 nitrogen and oxygen atoms in total. The Labute approximate surface area is 88.5 Å². The second kappa shape index (κ2) is 4.18. The van der Waals surface area contributed by atoms with Crippen molar-refractivity contribution in [2.45, 2.75) is 52.1 Å². The molecule has 14 heavy (non-hydrogen) atoms. The number of hydrogen-bond donors (Lipinski definition) is 1. The topological polar surface area (TPSA) is 29.3 Å². The Kier molecular flexibility index (Phi) is 3.95. The Morgan fingerprint density at radius 3 is 2.00 bits per heavy atom. The lowest BCUT2D eigenvalue weighted by Crippen LogP contribution is -2.47. The summed E-state index contributed by atoms with van der Waals surface area (Å²) in [4.78, 5) is 2.07. The van der Waals surface area contributed by atoms with Gasteiger partial charge in [0.1, 0.15) is 0 Å². The molecule has 0 aromatic carbocycles. The van der Waals surface area contributed by atoms with Crippen LogP contribution in [0.4, 0.5) is 0 Å². The van der Waals surface area contributed by atoms with Gasteiger partial charge in [-0.15, -0.1) is 0 Å². The first-order valence-corrected chi connectivity index (χ1v) is 4.96. The Morgan fingerprint density at radius 1 is 1.36 bits per heavy atom. The van der Waals surface area contributed by atoms with E-state index in [-0.39, 0.29) is 11.1 Å². The molecule has 82 valence electrons. The first-order valence-electron chi connectivity index (χ1n) is 4.96. The molecule has 0 saturated heterocycles. The fourth-order valence-corrected chi connectivity index (χ4v) is 2.12. The minimum Gasteiger partial charge on any atom is -0.347 e. The highest BCUT2D eigenvalue weighted by molar-refractivity contribution is 5.04. The van der Waals surface area contributed by atoms with Crippen molar-refractivity contribution in [1.82, 2.24) is 4.90 Å². The van der Waals surface area contributed by atoms with E-state index in [0.29, 0.717) is 0 Å². The molecule has 0 amide bonds. The number of hydrogen-bond acceptors (Lipinski definition) is 2. The van der Waals surface area contributed by atoms with Gasteiger partial charge in [-0.3, -0.25) is 0 Å².